The van der Waals surface area contributed by atoms with Crippen LogP contribution in [0.4, 0.5) is 0 Å². The molecule has 0 saturated carbocycles. The van der Waals surface area contributed by atoms with E-state index in [9.17, 15) is 9.59 Å². The van der Waals surface area contributed by atoms with E-state index in [1.807, 2.05) is 31.2 Å². The van der Waals surface area contributed by atoms with Crippen LogP contribution in [0.25, 0.3) is 0 Å². The number of unbranched alkanes of at least 4 members (excludes halogenated alkanes) is 2. The first-order valence-corrected chi connectivity index (χ1v) is 7.63. The van der Waals surface area contributed by atoms with Crippen molar-refractivity contribution >= 4 is 11.8 Å². The van der Waals surface area contributed by atoms with Crippen molar-refractivity contribution in [3.05, 3.63) is 35.4 Å². The molecular formula is C17H26N2O2. The zero-order valence-electron chi connectivity index (χ0n) is 13.2. The lowest BCUT2D eigenvalue weighted by atomic mass is 10.0. The lowest BCUT2D eigenvalue weighted by molar-refractivity contribution is -0.122. The number of amides is 2. The molecule has 116 valence electrons. The highest BCUT2D eigenvalue weighted by molar-refractivity contribution is 5.79. The van der Waals surface area contributed by atoms with Gasteiger partial charge in [0.15, 0.2) is 0 Å². The minimum absolute atomic E-state index is 0.0228. The Kier molecular flexibility index (Phi) is 7.51. The van der Waals surface area contributed by atoms with Gasteiger partial charge in [-0.2, -0.15) is 0 Å². The second kappa shape index (κ2) is 9.16. The zero-order chi connectivity index (χ0) is 15.7. The Labute approximate surface area is 127 Å². The molecule has 1 aromatic carbocycles. The van der Waals surface area contributed by atoms with Crippen molar-refractivity contribution in [2.75, 3.05) is 6.54 Å². The minimum atomic E-state index is -0.269. The van der Waals surface area contributed by atoms with Crippen LogP contribution in [0.5, 0.6) is 0 Å². The van der Waals surface area contributed by atoms with Crippen LogP contribution in [0.1, 0.15) is 56.7 Å². The summed E-state index contributed by atoms with van der Waals surface area (Å²) in [7, 11) is 0. The van der Waals surface area contributed by atoms with Crippen LogP contribution in [0, 0.1) is 6.92 Å². The highest BCUT2D eigenvalue weighted by atomic mass is 16.2. The summed E-state index contributed by atoms with van der Waals surface area (Å²) < 4.78 is 0. The van der Waals surface area contributed by atoms with E-state index in [1.54, 1.807) is 0 Å². The van der Waals surface area contributed by atoms with E-state index in [0.29, 0.717) is 6.54 Å². The Morgan fingerprint density at radius 3 is 2.38 bits per heavy atom. The first-order chi connectivity index (χ1) is 10.0. The molecule has 0 aliphatic heterocycles. The van der Waals surface area contributed by atoms with Crippen LogP contribution < -0.4 is 10.6 Å². The molecule has 21 heavy (non-hydrogen) atoms. The van der Waals surface area contributed by atoms with Gasteiger partial charge in [-0.1, -0.05) is 49.6 Å². The summed E-state index contributed by atoms with van der Waals surface area (Å²) in [4.78, 5) is 23.3. The van der Waals surface area contributed by atoms with Crippen molar-refractivity contribution in [1.29, 1.82) is 0 Å². The van der Waals surface area contributed by atoms with Gasteiger partial charge in [-0.15, -0.1) is 0 Å². The van der Waals surface area contributed by atoms with Crippen molar-refractivity contribution in [3.63, 3.8) is 0 Å². The quantitative estimate of drug-likeness (QED) is 0.723. The molecule has 1 unspecified atom stereocenters. The highest BCUT2D eigenvalue weighted by Gasteiger charge is 2.16. The first-order valence-electron chi connectivity index (χ1n) is 7.63. The predicted molar refractivity (Wildman–Crippen MR) is 84.9 cm³/mol. The fraction of sp³-hybridized carbons (Fsp3) is 0.529. The van der Waals surface area contributed by atoms with Gasteiger partial charge in [0.1, 0.15) is 0 Å². The Balaban J connectivity index is 2.59. The molecule has 0 bridgehead atoms. The monoisotopic (exact) mass is 290 g/mol. The van der Waals surface area contributed by atoms with Gasteiger partial charge in [-0.05, 0) is 18.9 Å². The van der Waals surface area contributed by atoms with Crippen LogP contribution in [0.3, 0.4) is 0 Å². The highest BCUT2D eigenvalue weighted by Crippen LogP contribution is 2.17. The molecule has 0 aliphatic rings. The summed E-state index contributed by atoms with van der Waals surface area (Å²) in [5, 5.41) is 5.76. The minimum Gasteiger partial charge on any atom is -0.356 e. The van der Waals surface area contributed by atoms with Gasteiger partial charge < -0.3 is 10.6 Å². The van der Waals surface area contributed by atoms with E-state index >= 15 is 0 Å². The summed E-state index contributed by atoms with van der Waals surface area (Å²) in [6.07, 6.45) is 3.52. The normalized spacial score (nSPS) is 11.8. The maximum Gasteiger partial charge on any atom is 0.222 e. The topological polar surface area (TPSA) is 58.2 Å². The average molecular weight is 290 g/mol. The van der Waals surface area contributed by atoms with Crippen molar-refractivity contribution in [3.8, 4) is 0 Å². The number of rotatable bonds is 8. The molecule has 0 spiro atoms. The van der Waals surface area contributed by atoms with Gasteiger partial charge in [0.25, 0.3) is 0 Å². The third-order valence-electron chi connectivity index (χ3n) is 3.35. The Bertz CT molecular complexity index is 454. The molecule has 4 nitrogen and oxygen atoms in total. The first kappa shape index (κ1) is 17.2. The summed E-state index contributed by atoms with van der Waals surface area (Å²) in [6.45, 7) is 6.32. The molecular weight excluding hydrogens is 264 g/mol. The Hall–Kier alpha value is -1.84. The number of carbonyl (C=O) groups is 2. The number of hydrogen-bond donors (Lipinski definition) is 2. The smallest absolute Gasteiger partial charge is 0.222 e. The van der Waals surface area contributed by atoms with Crippen LogP contribution in [-0.2, 0) is 9.59 Å². The van der Waals surface area contributed by atoms with E-state index in [2.05, 4.69) is 17.6 Å². The number of benzene rings is 1. The average Bonchev–Trinajstić information content (AvgIpc) is 2.43. The second-order valence-electron chi connectivity index (χ2n) is 5.42. The van der Waals surface area contributed by atoms with E-state index in [4.69, 9.17) is 0 Å². The summed E-state index contributed by atoms with van der Waals surface area (Å²) in [6, 6.07) is 7.63. The Morgan fingerprint density at radius 2 is 1.81 bits per heavy atom. The standard InChI is InChI=1S/C17H26N2O2/c1-4-5-6-11-18-17(21)12-16(19-14(3)20)15-9-7-13(2)8-10-15/h7-10,16H,4-6,11-12H2,1-3H3,(H,18,21)(H,19,20). The van der Waals surface area contributed by atoms with E-state index in [0.717, 1.165) is 30.4 Å². The summed E-state index contributed by atoms with van der Waals surface area (Å²) >= 11 is 0. The van der Waals surface area contributed by atoms with Crippen molar-refractivity contribution in [2.24, 2.45) is 0 Å². The maximum absolute atomic E-state index is 12.0. The van der Waals surface area contributed by atoms with E-state index in [-0.39, 0.29) is 24.3 Å². The van der Waals surface area contributed by atoms with Gasteiger partial charge in [0, 0.05) is 13.5 Å². The lowest BCUT2D eigenvalue weighted by Gasteiger charge is -2.18. The molecule has 0 heterocycles. The van der Waals surface area contributed by atoms with Gasteiger partial charge in [-0.25, -0.2) is 0 Å². The van der Waals surface area contributed by atoms with Crippen molar-refractivity contribution in [2.45, 2.75) is 52.5 Å². The van der Waals surface area contributed by atoms with Crippen LogP contribution in [0.15, 0.2) is 24.3 Å². The van der Waals surface area contributed by atoms with Crippen LogP contribution in [-0.4, -0.2) is 18.4 Å². The summed E-state index contributed by atoms with van der Waals surface area (Å²) in [5.41, 5.74) is 2.11. The van der Waals surface area contributed by atoms with E-state index in [1.165, 1.54) is 6.92 Å². The molecule has 0 fully saturated rings. The predicted octanol–water partition coefficient (Wildman–Crippen LogP) is 2.87. The molecule has 1 atom stereocenters. The van der Waals surface area contributed by atoms with Crippen molar-refractivity contribution < 1.29 is 9.59 Å². The maximum atomic E-state index is 12.0. The number of nitrogens with one attached hydrogen (secondary N) is 2. The van der Waals surface area contributed by atoms with Gasteiger partial charge in [-0.3, -0.25) is 9.59 Å². The molecule has 0 radical (unpaired) electrons. The molecule has 4 heteroatoms. The van der Waals surface area contributed by atoms with Crippen LogP contribution in [0.2, 0.25) is 0 Å². The Morgan fingerprint density at radius 1 is 1.14 bits per heavy atom. The molecule has 1 aromatic rings. The lowest BCUT2D eigenvalue weighted by Crippen LogP contribution is -2.33. The van der Waals surface area contributed by atoms with Gasteiger partial charge in [0.2, 0.25) is 11.8 Å². The van der Waals surface area contributed by atoms with Crippen LogP contribution >= 0.6 is 0 Å². The van der Waals surface area contributed by atoms with Gasteiger partial charge in [0.05, 0.1) is 12.5 Å². The molecule has 2 amide bonds. The molecule has 2 N–H and O–H groups in total. The van der Waals surface area contributed by atoms with Crippen molar-refractivity contribution in [1.82, 2.24) is 10.6 Å². The second-order valence-corrected chi connectivity index (χ2v) is 5.42. The number of carbonyl (C=O) groups excluding carboxylic acids is 2. The summed E-state index contributed by atoms with van der Waals surface area (Å²) in [5.74, 6) is -0.148. The third kappa shape index (κ3) is 6.93. The third-order valence-corrected chi connectivity index (χ3v) is 3.35. The largest absolute Gasteiger partial charge is 0.356 e. The van der Waals surface area contributed by atoms with E-state index < -0.39 is 0 Å². The number of aryl methyl sites for hydroxylation is 1. The number of hydrogen-bond acceptors (Lipinski definition) is 2. The molecule has 0 saturated heterocycles. The molecule has 1 rings (SSSR count). The molecule has 0 aliphatic carbocycles. The SMILES string of the molecule is CCCCCNC(=O)CC(NC(C)=O)c1ccc(C)cc1. The molecule has 0 aromatic heterocycles. The fourth-order valence-electron chi connectivity index (χ4n) is 2.16. The zero-order valence-corrected chi connectivity index (χ0v) is 13.2. The van der Waals surface area contributed by atoms with Gasteiger partial charge >= 0.3 is 0 Å². The fourth-order valence-corrected chi connectivity index (χ4v) is 2.16.